The minimum Gasteiger partial charge on any atom is -0.495 e. The van der Waals surface area contributed by atoms with Crippen molar-refractivity contribution in [1.29, 1.82) is 0 Å². The van der Waals surface area contributed by atoms with Gasteiger partial charge in [-0.3, -0.25) is 4.39 Å². The number of ether oxygens (including phenoxy) is 2. The maximum Gasteiger partial charge on any atom is 0.216 e. The summed E-state index contributed by atoms with van der Waals surface area (Å²) in [5, 5.41) is 0. The molecule has 0 saturated heterocycles. The molecule has 0 radical (unpaired) electrons. The number of nitrogens with two attached hydrogens (primary N) is 1. The molecule has 2 N–H and O–H groups in total. The maximum atomic E-state index is 12.1. The Bertz CT molecular complexity index is 372. The Kier molecular flexibility index (Phi) is 6.43. The fraction of sp³-hybridized carbons (Fsp3) is 0.615. The number of hydrogen-bond donors (Lipinski definition) is 1. The molecule has 0 bridgehead atoms. The predicted molar refractivity (Wildman–Crippen MR) is 69.0 cm³/mol. The lowest BCUT2D eigenvalue weighted by molar-refractivity contribution is 0.375. The van der Waals surface area contributed by atoms with Crippen LogP contribution in [0.2, 0.25) is 0 Å². The predicted octanol–water partition coefficient (Wildman–Crippen LogP) is 1.89. The minimum absolute atomic E-state index is 0.294. The van der Waals surface area contributed by atoms with Crippen LogP contribution >= 0.6 is 0 Å². The van der Waals surface area contributed by atoms with Crippen LogP contribution in [0.5, 0.6) is 11.6 Å². The van der Waals surface area contributed by atoms with Crippen molar-refractivity contribution in [2.75, 3.05) is 27.4 Å². The molecule has 0 aliphatic carbocycles. The number of hydrogen-bond acceptors (Lipinski definition) is 4. The summed E-state index contributed by atoms with van der Waals surface area (Å²) in [6.45, 7) is 0.214. The van der Waals surface area contributed by atoms with Gasteiger partial charge in [0.1, 0.15) is 5.75 Å². The molecule has 0 amide bonds. The monoisotopic (exact) mass is 256 g/mol. The quantitative estimate of drug-likeness (QED) is 0.722. The molecule has 1 aromatic rings. The molecule has 0 aromatic carbocycles. The Morgan fingerprint density at radius 1 is 1.22 bits per heavy atom. The topological polar surface area (TPSA) is 57.4 Å². The molecule has 5 heteroatoms. The number of alkyl halides is 1. The van der Waals surface area contributed by atoms with E-state index in [1.165, 1.54) is 0 Å². The summed E-state index contributed by atoms with van der Waals surface area (Å²) < 4.78 is 22.7. The Morgan fingerprint density at radius 2 is 2.00 bits per heavy atom. The second-order valence-electron chi connectivity index (χ2n) is 3.99. The number of aryl methyl sites for hydroxylation is 1. The lowest BCUT2D eigenvalue weighted by Crippen LogP contribution is -2.08. The molecular weight excluding hydrogens is 235 g/mol. The highest BCUT2D eigenvalue weighted by atomic mass is 19.1. The molecular formula is C13H21FN2O2. The summed E-state index contributed by atoms with van der Waals surface area (Å²) in [7, 11) is 3.19. The number of unbranched alkanes of at least 4 members (excludes halogenated alkanes) is 1. The number of methoxy groups -OCH3 is 2. The third kappa shape index (κ3) is 3.84. The van der Waals surface area contributed by atoms with E-state index in [-0.39, 0.29) is 6.67 Å². The van der Waals surface area contributed by atoms with Crippen LogP contribution in [0, 0.1) is 0 Å². The van der Waals surface area contributed by atoms with Crippen molar-refractivity contribution in [3.05, 3.63) is 17.3 Å². The van der Waals surface area contributed by atoms with Crippen molar-refractivity contribution in [1.82, 2.24) is 4.98 Å². The molecule has 0 saturated carbocycles. The van der Waals surface area contributed by atoms with Gasteiger partial charge in [0.05, 0.1) is 26.6 Å². The maximum absolute atomic E-state index is 12.1. The Hall–Kier alpha value is -1.36. The van der Waals surface area contributed by atoms with Crippen LogP contribution in [0.1, 0.15) is 24.1 Å². The van der Waals surface area contributed by atoms with Crippen molar-refractivity contribution < 1.29 is 13.9 Å². The van der Waals surface area contributed by atoms with E-state index in [2.05, 4.69) is 4.98 Å². The second-order valence-corrected chi connectivity index (χ2v) is 3.99. The highest BCUT2D eigenvalue weighted by Crippen LogP contribution is 2.26. The number of rotatable bonds is 8. The van der Waals surface area contributed by atoms with Gasteiger partial charge in [-0.15, -0.1) is 0 Å². The number of nitrogens with zero attached hydrogens (tertiary/aromatic N) is 1. The Labute approximate surface area is 107 Å². The fourth-order valence-corrected chi connectivity index (χ4v) is 1.81. The van der Waals surface area contributed by atoms with E-state index in [4.69, 9.17) is 15.2 Å². The van der Waals surface area contributed by atoms with Crippen molar-refractivity contribution in [2.24, 2.45) is 5.73 Å². The molecule has 1 rings (SSSR count). The minimum atomic E-state index is -0.294. The van der Waals surface area contributed by atoms with Crippen molar-refractivity contribution in [3.63, 3.8) is 0 Å². The zero-order valence-corrected chi connectivity index (χ0v) is 11.0. The first kappa shape index (κ1) is 14.7. The number of pyridine rings is 1. The molecule has 0 fully saturated rings. The molecule has 0 atom stereocenters. The second kappa shape index (κ2) is 7.87. The smallest absolute Gasteiger partial charge is 0.216 e. The van der Waals surface area contributed by atoms with Crippen LogP contribution in [0.3, 0.4) is 0 Å². The molecule has 1 aromatic heterocycles. The van der Waals surface area contributed by atoms with Gasteiger partial charge in [0, 0.05) is 12.0 Å². The van der Waals surface area contributed by atoms with E-state index in [1.807, 2.05) is 6.07 Å². The Morgan fingerprint density at radius 3 is 2.56 bits per heavy atom. The molecule has 18 heavy (non-hydrogen) atoms. The van der Waals surface area contributed by atoms with Gasteiger partial charge in [-0.2, -0.15) is 0 Å². The highest BCUT2D eigenvalue weighted by molar-refractivity contribution is 5.39. The van der Waals surface area contributed by atoms with Crippen LogP contribution in [-0.4, -0.2) is 32.4 Å². The SMILES string of the molecule is COc1cc(CCCCF)c(OC)nc1CCN. The summed E-state index contributed by atoms with van der Waals surface area (Å²) in [4.78, 5) is 4.41. The van der Waals surface area contributed by atoms with E-state index in [9.17, 15) is 4.39 Å². The summed E-state index contributed by atoms with van der Waals surface area (Å²) in [5.41, 5.74) is 7.28. The van der Waals surface area contributed by atoms with Gasteiger partial charge in [-0.25, -0.2) is 4.98 Å². The first-order chi connectivity index (χ1) is 8.76. The first-order valence-electron chi connectivity index (χ1n) is 6.13. The van der Waals surface area contributed by atoms with Gasteiger partial charge in [-0.05, 0) is 31.9 Å². The average Bonchev–Trinajstić information content (AvgIpc) is 2.40. The van der Waals surface area contributed by atoms with Crippen molar-refractivity contribution in [2.45, 2.75) is 25.7 Å². The normalized spacial score (nSPS) is 10.4. The van der Waals surface area contributed by atoms with Crippen molar-refractivity contribution in [3.8, 4) is 11.6 Å². The van der Waals surface area contributed by atoms with E-state index in [1.54, 1.807) is 14.2 Å². The van der Waals surface area contributed by atoms with Crippen molar-refractivity contribution >= 4 is 0 Å². The largest absolute Gasteiger partial charge is 0.495 e. The highest BCUT2D eigenvalue weighted by Gasteiger charge is 2.12. The number of halogens is 1. The third-order valence-electron chi connectivity index (χ3n) is 2.73. The standard InChI is InChI=1S/C13H21FN2O2/c1-17-12-9-10(5-3-4-7-14)13(18-2)16-11(12)6-8-15/h9H,3-8,15H2,1-2H3. The van der Waals surface area contributed by atoms with E-state index >= 15 is 0 Å². The lowest BCUT2D eigenvalue weighted by Gasteiger charge is -2.13. The van der Waals surface area contributed by atoms with Crippen LogP contribution < -0.4 is 15.2 Å². The van der Waals surface area contributed by atoms with Gasteiger partial charge in [-0.1, -0.05) is 0 Å². The lowest BCUT2D eigenvalue weighted by atomic mass is 10.1. The number of aromatic nitrogens is 1. The average molecular weight is 256 g/mol. The summed E-state index contributed by atoms with van der Waals surface area (Å²) in [6.07, 6.45) is 2.70. The van der Waals surface area contributed by atoms with Gasteiger partial charge in [0.15, 0.2) is 0 Å². The summed E-state index contributed by atoms with van der Waals surface area (Å²) in [5.74, 6) is 1.30. The van der Waals surface area contributed by atoms with E-state index < -0.39 is 0 Å². The van der Waals surface area contributed by atoms with Gasteiger partial charge in [0.25, 0.3) is 0 Å². The first-order valence-corrected chi connectivity index (χ1v) is 6.13. The van der Waals surface area contributed by atoms with Crippen LogP contribution in [0.15, 0.2) is 6.07 Å². The van der Waals surface area contributed by atoms with Crippen LogP contribution in [0.4, 0.5) is 4.39 Å². The summed E-state index contributed by atoms with van der Waals surface area (Å²) >= 11 is 0. The van der Waals surface area contributed by atoms with E-state index in [0.717, 1.165) is 29.8 Å². The summed E-state index contributed by atoms with van der Waals surface area (Å²) in [6, 6.07) is 1.91. The molecule has 0 unspecified atom stereocenters. The zero-order chi connectivity index (χ0) is 13.4. The molecule has 102 valence electrons. The molecule has 0 aliphatic heterocycles. The molecule has 0 spiro atoms. The molecule has 4 nitrogen and oxygen atoms in total. The third-order valence-corrected chi connectivity index (χ3v) is 2.73. The fourth-order valence-electron chi connectivity index (χ4n) is 1.81. The van der Waals surface area contributed by atoms with Gasteiger partial charge < -0.3 is 15.2 Å². The van der Waals surface area contributed by atoms with Crippen LogP contribution in [0.25, 0.3) is 0 Å². The van der Waals surface area contributed by atoms with E-state index in [0.29, 0.717) is 25.3 Å². The molecule has 1 heterocycles. The van der Waals surface area contributed by atoms with Gasteiger partial charge in [0.2, 0.25) is 5.88 Å². The molecule has 0 aliphatic rings. The van der Waals surface area contributed by atoms with Gasteiger partial charge >= 0.3 is 0 Å². The zero-order valence-electron chi connectivity index (χ0n) is 11.0. The van der Waals surface area contributed by atoms with Crippen LogP contribution in [-0.2, 0) is 12.8 Å². The Balaban J connectivity index is 2.94.